The Morgan fingerprint density at radius 2 is 2.19 bits per heavy atom. The van der Waals surface area contributed by atoms with Crippen LogP contribution in [0.2, 0.25) is 5.02 Å². The molecule has 1 N–H and O–H groups in total. The molecule has 0 aliphatic rings. The lowest BCUT2D eigenvalue weighted by Crippen LogP contribution is -2.20. The molecule has 88 valence electrons. The van der Waals surface area contributed by atoms with E-state index in [0.717, 1.165) is 11.3 Å². The molecule has 0 saturated carbocycles. The van der Waals surface area contributed by atoms with Gasteiger partial charge in [0.25, 0.3) is 0 Å². The highest BCUT2D eigenvalue weighted by molar-refractivity contribution is 6.33. The Bertz CT molecular complexity index is 357. The topological polar surface area (TPSA) is 38.3 Å². The lowest BCUT2D eigenvalue weighted by atomic mass is 10.2. The second-order valence-corrected chi connectivity index (χ2v) is 4.23. The first kappa shape index (κ1) is 12.8. The number of hydrogen-bond donors (Lipinski definition) is 1. The van der Waals surface area contributed by atoms with E-state index in [1.54, 1.807) is 6.07 Å². The maximum Gasteiger partial charge on any atom is 0.325 e. The minimum Gasteiger partial charge on any atom is -0.462 e. The number of benzene rings is 1. The van der Waals surface area contributed by atoms with E-state index in [4.69, 9.17) is 16.3 Å². The lowest BCUT2D eigenvalue weighted by molar-refractivity contribution is -0.145. The van der Waals surface area contributed by atoms with E-state index in [2.05, 4.69) is 5.32 Å². The van der Waals surface area contributed by atoms with Gasteiger partial charge in [-0.05, 0) is 32.4 Å². The van der Waals surface area contributed by atoms with Crippen LogP contribution in [0.25, 0.3) is 0 Å². The lowest BCUT2D eigenvalue weighted by Gasteiger charge is -2.12. The van der Waals surface area contributed by atoms with Crippen molar-refractivity contribution in [3.8, 4) is 0 Å². The Hall–Kier alpha value is -1.22. The van der Waals surface area contributed by atoms with Crippen LogP contribution < -0.4 is 5.32 Å². The summed E-state index contributed by atoms with van der Waals surface area (Å²) in [6.07, 6.45) is -0.0957. The number of rotatable bonds is 4. The summed E-state index contributed by atoms with van der Waals surface area (Å²) in [7, 11) is 0. The highest BCUT2D eigenvalue weighted by Gasteiger charge is 2.08. The van der Waals surface area contributed by atoms with E-state index < -0.39 is 0 Å². The van der Waals surface area contributed by atoms with Crippen molar-refractivity contribution in [2.75, 3.05) is 11.9 Å². The molecule has 0 fully saturated rings. The molecule has 1 aromatic rings. The Morgan fingerprint density at radius 1 is 1.50 bits per heavy atom. The minimum absolute atomic E-state index is 0.0957. The van der Waals surface area contributed by atoms with Gasteiger partial charge >= 0.3 is 5.97 Å². The van der Waals surface area contributed by atoms with Gasteiger partial charge in [-0.1, -0.05) is 23.7 Å². The van der Waals surface area contributed by atoms with Gasteiger partial charge in [0, 0.05) is 0 Å². The van der Waals surface area contributed by atoms with Crippen LogP contribution in [0.1, 0.15) is 19.4 Å². The van der Waals surface area contributed by atoms with Crippen LogP contribution in [0.5, 0.6) is 0 Å². The van der Waals surface area contributed by atoms with Gasteiger partial charge in [-0.2, -0.15) is 0 Å². The maximum absolute atomic E-state index is 11.3. The molecule has 0 heterocycles. The van der Waals surface area contributed by atoms with E-state index in [1.165, 1.54) is 0 Å². The monoisotopic (exact) mass is 241 g/mol. The third kappa shape index (κ3) is 3.74. The molecule has 1 aromatic carbocycles. The van der Waals surface area contributed by atoms with Crippen molar-refractivity contribution in [1.82, 2.24) is 0 Å². The van der Waals surface area contributed by atoms with Gasteiger partial charge in [-0.25, -0.2) is 0 Å². The van der Waals surface area contributed by atoms with E-state index in [0.29, 0.717) is 5.02 Å². The third-order valence-corrected chi connectivity index (χ3v) is 2.31. The maximum atomic E-state index is 11.3. The van der Waals surface area contributed by atoms with Crippen LogP contribution in [0, 0.1) is 6.92 Å². The number of aryl methyl sites for hydroxylation is 1. The molecular weight excluding hydrogens is 226 g/mol. The largest absolute Gasteiger partial charge is 0.462 e. The number of para-hydroxylation sites is 1. The van der Waals surface area contributed by atoms with Gasteiger partial charge in [0.2, 0.25) is 0 Å². The summed E-state index contributed by atoms with van der Waals surface area (Å²) in [4.78, 5) is 11.3. The molecule has 0 aromatic heterocycles. The Kier molecular flexibility index (Phi) is 4.62. The van der Waals surface area contributed by atoms with Crippen molar-refractivity contribution in [3.05, 3.63) is 28.8 Å². The number of carbonyl (C=O) groups is 1. The second kappa shape index (κ2) is 5.75. The van der Waals surface area contributed by atoms with E-state index in [-0.39, 0.29) is 18.6 Å². The van der Waals surface area contributed by atoms with Crippen LogP contribution in [-0.4, -0.2) is 18.6 Å². The first-order chi connectivity index (χ1) is 7.50. The van der Waals surface area contributed by atoms with Crippen LogP contribution >= 0.6 is 11.6 Å². The summed E-state index contributed by atoms with van der Waals surface area (Å²) in [5, 5.41) is 3.59. The fraction of sp³-hybridized carbons (Fsp3) is 0.417. The van der Waals surface area contributed by atoms with Gasteiger partial charge in [0.15, 0.2) is 0 Å². The van der Waals surface area contributed by atoms with Gasteiger partial charge in [-0.15, -0.1) is 0 Å². The summed E-state index contributed by atoms with van der Waals surface area (Å²) in [5.74, 6) is -0.283. The predicted octanol–water partition coefficient (Wildman–Crippen LogP) is 3.01. The molecule has 0 radical (unpaired) electrons. The van der Waals surface area contributed by atoms with Crippen molar-refractivity contribution >= 4 is 23.3 Å². The highest BCUT2D eigenvalue weighted by Crippen LogP contribution is 2.24. The molecule has 0 aliphatic carbocycles. The predicted molar refractivity (Wildman–Crippen MR) is 65.9 cm³/mol. The number of nitrogens with one attached hydrogen (secondary N) is 1. The average molecular weight is 242 g/mol. The van der Waals surface area contributed by atoms with Crippen molar-refractivity contribution in [3.63, 3.8) is 0 Å². The van der Waals surface area contributed by atoms with E-state index >= 15 is 0 Å². The summed E-state index contributed by atoms with van der Waals surface area (Å²) in [5.41, 5.74) is 1.79. The Morgan fingerprint density at radius 3 is 2.75 bits per heavy atom. The molecular formula is C12H16ClNO2. The molecule has 1 rings (SSSR count). The summed E-state index contributed by atoms with van der Waals surface area (Å²) in [6, 6.07) is 5.59. The van der Waals surface area contributed by atoms with Crippen LogP contribution in [-0.2, 0) is 9.53 Å². The first-order valence-corrected chi connectivity index (χ1v) is 5.57. The molecule has 0 unspecified atom stereocenters. The number of esters is 1. The first-order valence-electron chi connectivity index (χ1n) is 5.19. The Labute approximate surface area is 101 Å². The Balaban J connectivity index is 2.58. The normalized spacial score (nSPS) is 10.3. The minimum atomic E-state index is -0.283. The summed E-state index contributed by atoms with van der Waals surface area (Å²) >= 11 is 6.00. The van der Waals surface area contributed by atoms with Crippen LogP contribution in [0.15, 0.2) is 18.2 Å². The zero-order valence-electron chi connectivity index (χ0n) is 9.71. The third-order valence-electron chi connectivity index (χ3n) is 2.00. The number of ether oxygens (including phenoxy) is 1. The van der Waals surface area contributed by atoms with Gasteiger partial charge in [-0.3, -0.25) is 4.79 Å². The van der Waals surface area contributed by atoms with Crippen molar-refractivity contribution in [1.29, 1.82) is 0 Å². The smallest absolute Gasteiger partial charge is 0.325 e. The second-order valence-electron chi connectivity index (χ2n) is 3.82. The molecule has 0 atom stereocenters. The fourth-order valence-electron chi connectivity index (χ4n) is 1.32. The molecule has 0 aliphatic heterocycles. The van der Waals surface area contributed by atoms with Gasteiger partial charge < -0.3 is 10.1 Å². The highest BCUT2D eigenvalue weighted by atomic mass is 35.5. The SMILES string of the molecule is Cc1cccc(Cl)c1NCC(=O)OC(C)C. The van der Waals surface area contributed by atoms with Crippen LogP contribution in [0.3, 0.4) is 0 Å². The number of carbonyl (C=O) groups excluding carboxylic acids is 1. The zero-order valence-corrected chi connectivity index (χ0v) is 10.5. The fourth-order valence-corrected chi connectivity index (χ4v) is 1.61. The molecule has 16 heavy (non-hydrogen) atoms. The molecule has 0 bridgehead atoms. The van der Waals surface area contributed by atoms with E-state index in [1.807, 2.05) is 32.9 Å². The molecule has 0 saturated heterocycles. The van der Waals surface area contributed by atoms with Gasteiger partial charge in [0.05, 0.1) is 16.8 Å². The van der Waals surface area contributed by atoms with Gasteiger partial charge in [0.1, 0.15) is 6.54 Å². The average Bonchev–Trinajstić information content (AvgIpc) is 2.15. The van der Waals surface area contributed by atoms with Crippen molar-refractivity contribution in [2.24, 2.45) is 0 Å². The number of anilines is 1. The molecule has 4 heteroatoms. The molecule has 3 nitrogen and oxygen atoms in total. The quantitative estimate of drug-likeness (QED) is 0.824. The summed E-state index contributed by atoms with van der Waals surface area (Å²) in [6.45, 7) is 5.70. The zero-order chi connectivity index (χ0) is 12.1. The molecule has 0 spiro atoms. The van der Waals surface area contributed by atoms with E-state index in [9.17, 15) is 4.79 Å². The number of halogens is 1. The number of hydrogen-bond acceptors (Lipinski definition) is 3. The van der Waals surface area contributed by atoms with Crippen LogP contribution in [0.4, 0.5) is 5.69 Å². The summed E-state index contributed by atoms with van der Waals surface area (Å²) < 4.78 is 5.01. The van der Waals surface area contributed by atoms with Crippen molar-refractivity contribution in [2.45, 2.75) is 26.9 Å². The molecule has 0 amide bonds. The standard InChI is InChI=1S/C12H16ClNO2/c1-8(2)16-11(15)7-14-12-9(3)5-4-6-10(12)13/h4-6,8,14H,7H2,1-3H3. The van der Waals surface area contributed by atoms with Crippen molar-refractivity contribution < 1.29 is 9.53 Å².